The smallest absolute Gasteiger partial charge is 0.141 e. The number of methoxy groups -OCH3 is 1. The van der Waals surface area contributed by atoms with Crippen LogP contribution in [0.4, 0.5) is 4.39 Å². The molecule has 0 aliphatic heterocycles. The molecule has 0 amide bonds. The highest BCUT2D eigenvalue weighted by Gasteiger charge is 2.08. The Labute approximate surface area is 90.1 Å². The van der Waals surface area contributed by atoms with Crippen LogP contribution < -0.4 is 10.6 Å². The molecule has 0 heterocycles. The molecule has 1 aromatic rings. The second-order valence-corrected chi connectivity index (χ2v) is 3.55. The number of nitrogens with two attached hydrogens (primary N) is 1. The Morgan fingerprint density at radius 1 is 1.50 bits per heavy atom. The highest BCUT2D eigenvalue weighted by molar-refractivity contribution is 9.10. The molecular weight excluding hydrogens is 253 g/mol. The van der Waals surface area contributed by atoms with Crippen LogP contribution in [-0.2, 0) is 11.3 Å². The minimum atomic E-state index is -0.348. The zero-order valence-corrected chi connectivity index (χ0v) is 9.30. The largest absolute Gasteiger partial charge is 0.496 e. The first-order valence-electron chi connectivity index (χ1n) is 4.02. The van der Waals surface area contributed by atoms with E-state index in [9.17, 15) is 4.39 Å². The first-order valence-corrected chi connectivity index (χ1v) is 4.82. The van der Waals surface area contributed by atoms with Gasteiger partial charge < -0.3 is 9.57 Å². The van der Waals surface area contributed by atoms with E-state index in [1.165, 1.54) is 13.2 Å². The van der Waals surface area contributed by atoms with Crippen molar-refractivity contribution in [3.63, 3.8) is 0 Å². The van der Waals surface area contributed by atoms with E-state index >= 15 is 0 Å². The van der Waals surface area contributed by atoms with Crippen molar-refractivity contribution >= 4 is 15.9 Å². The third kappa shape index (κ3) is 2.67. The van der Waals surface area contributed by atoms with E-state index in [2.05, 4.69) is 20.8 Å². The molecule has 0 aliphatic rings. The molecule has 1 rings (SSSR count). The molecule has 0 saturated heterocycles. The summed E-state index contributed by atoms with van der Waals surface area (Å²) in [5.74, 6) is 5.06. The van der Waals surface area contributed by atoms with Crippen molar-refractivity contribution in [3.05, 3.63) is 28.0 Å². The quantitative estimate of drug-likeness (QED) is 0.846. The Morgan fingerprint density at radius 3 is 2.79 bits per heavy atom. The van der Waals surface area contributed by atoms with Gasteiger partial charge in [0.2, 0.25) is 0 Å². The van der Waals surface area contributed by atoms with Gasteiger partial charge >= 0.3 is 0 Å². The normalized spacial score (nSPS) is 10.3. The predicted octanol–water partition coefficient (Wildman–Crippen LogP) is 2.03. The van der Waals surface area contributed by atoms with Crippen molar-refractivity contribution in [1.29, 1.82) is 0 Å². The molecule has 3 nitrogen and oxygen atoms in total. The number of hydrogen-bond donors (Lipinski definition) is 1. The van der Waals surface area contributed by atoms with Gasteiger partial charge in [0, 0.05) is 12.5 Å². The average Bonchev–Trinajstić information content (AvgIpc) is 2.19. The van der Waals surface area contributed by atoms with Crippen LogP contribution in [0.3, 0.4) is 0 Å². The molecular formula is C9H11BrFNO2. The zero-order chi connectivity index (χ0) is 10.6. The molecule has 0 spiro atoms. The maximum atomic E-state index is 13.1. The number of rotatable bonds is 4. The van der Waals surface area contributed by atoms with E-state index in [1.54, 1.807) is 6.07 Å². The molecule has 0 saturated carbocycles. The summed E-state index contributed by atoms with van der Waals surface area (Å²) in [4.78, 5) is 4.45. The third-order valence-corrected chi connectivity index (χ3v) is 2.42. The molecule has 14 heavy (non-hydrogen) atoms. The lowest BCUT2D eigenvalue weighted by atomic mass is 10.1. The molecule has 0 fully saturated rings. The van der Waals surface area contributed by atoms with Gasteiger partial charge in [-0.2, -0.15) is 0 Å². The van der Waals surface area contributed by atoms with Gasteiger partial charge in [-0.25, -0.2) is 10.3 Å². The summed E-state index contributed by atoms with van der Waals surface area (Å²) in [6.07, 6.45) is 0.582. The lowest BCUT2D eigenvalue weighted by molar-refractivity contribution is 0.140. The van der Waals surface area contributed by atoms with Crippen LogP contribution >= 0.6 is 15.9 Å². The summed E-state index contributed by atoms with van der Waals surface area (Å²) < 4.78 is 18.5. The topological polar surface area (TPSA) is 44.5 Å². The molecule has 1 aromatic carbocycles. The molecule has 5 heteroatoms. The molecule has 2 N–H and O–H groups in total. The average molecular weight is 264 g/mol. The van der Waals surface area contributed by atoms with Gasteiger partial charge in [-0.1, -0.05) is 0 Å². The van der Waals surface area contributed by atoms with Crippen molar-refractivity contribution in [1.82, 2.24) is 0 Å². The first-order chi connectivity index (χ1) is 6.69. The number of hydrogen-bond acceptors (Lipinski definition) is 3. The minimum absolute atomic E-state index is 0.348. The number of benzene rings is 1. The molecule has 0 aromatic heterocycles. The van der Waals surface area contributed by atoms with Gasteiger partial charge in [0.05, 0.1) is 18.2 Å². The molecule has 0 unspecified atom stereocenters. The fourth-order valence-corrected chi connectivity index (χ4v) is 1.51. The lowest BCUT2D eigenvalue weighted by Gasteiger charge is -2.08. The Balaban J connectivity index is 2.95. The molecule has 0 radical (unpaired) electrons. The lowest BCUT2D eigenvalue weighted by Crippen LogP contribution is -2.05. The van der Waals surface area contributed by atoms with E-state index < -0.39 is 0 Å². The maximum absolute atomic E-state index is 13.1. The monoisotopic (exact) mass is 263 g/mol. The highest BCUT2D eigenvalue weighted by atomic mass is 79.9. The van der Waals surface area contributed by atoms with Crippen molar-refractivity contribution in [3.8, 4) is 5.75 Å². The Kier molecular flexibility index (Phi) is 4.31. The molecule has 78 valence electrons. The van der Waals surface area contributed by atoms with E-state index in [4.69, 9.17) is 10.6 Å². The minimum Gasteiger partial charge on any atom is -0.496 e. The van der Waals surface area contributed by atoms with E-state index in [0.717, 1.165) is 5.56 Å². The van der Waals surface area contributed by atoms with Crippen LogP contribution in [0.25, 0.3) is 0 Å². The number of halogens is 2. The summed E-state index contributed by atoms with van der Waals surface area (Å²) >= 11 is 3.10. The Hall–Kier alpha value is -0.650. The molecule has 0 atom stereocenters. The van der Waals surface area contributed by atoms with Crippen LogP contribution in [0, 0.1) is 5.82 Å². The van der Waals surface area contributed by atoms with Crippen LogP contribution in [0.5, 0.6) is 5.75 Å². The summed E-state index contributed by atoms with van der Waals surface area (Å²) in [7, 11) is 1.50. The van der Waals surface area contributed by atoms with Crippen molar-refractivity contribution in [2.45, 2.75) is 6.42 Å². The standard InChI is InChI=1S/C9H11BrFNO2/c1-13-9-5-8(11)7(10)4-6(9)2-3-14-12/h4-5H,2-3,12H2,1H3. The van der Waals surface area contributed by atoms with Crippen molar-refractivity contribution < 1.29 is 14.0 Å². The highest BCUT2D eigenvalue weighted by Crippen LogP contribution is 2.26. The van der Waals surface area contributed by atoms with Crippen LogP contribution in [0.1, 0.15) is 5.56 Å². The van der Waals surface area contributed by atoms with Gasteiger partial charge in [0.25, 0.3) is 0 Å². The van der Waals surface area contributed by atoms with Crippen LogP contribution in [-0.4, -0.2) is 13.7 Å². The molecule has 0 aliphatic carbocycles. The molecule has 0 bridgehead atoms. The Morgan fingerprint density at radius 2 is 2.21 bits per heavy atom. The number of ether oxygens (including phenoxy) is 1. The van der Waals surface area contributed by atoms with Crippen LogP contribution in [0.15, 0.2) is 16.6 Å². The fraction of sp³-hybridized carbons (Fsp3) is 0.333. The Bertz CT molecular complexity index is 320. The van der Waals surface area contributed by atoms with Gasteiger partial charge in [0.15, 0.2) is 0 Å². The van der Waals surface area contributed by atoms with E-state index in [-0.39, 0.29) is 5.82 Å². The van der Waals surface area contributed by atoms with Gasteiger partial charge in [0.1, 0.15) is 11.6 Å². The summed E-state index contributed by atoms with van der Waals surface area (Å²) in [6, 6.07) is 2.99. The van der Waals surface area contributed by atoms with Crippen LogP contribution in [0.2, 0.25) is 0 Å². The van der Waals surface area contributed by atoms with Gasteiger partial charge in [-0.15, -0.1) is 0 Å². The SMILES string of the molecule is COc1cc(F)c(Br)cc1CCON. The van der Waals surface area contributed by atoms with Crippen molar-refractivity contribution in [2.24, 2.45) is 5.90 Å². The fourth-order valence-electron chi connectivity index (χ4n) is 1.12. The first kappa shape index (κ1) is 11.4. The van der Waals surface area contributed by atoms with E-state index in [1.807, 2.05) is 0 Å². The third-order valence-electron chi connectivity index (χ3n) is 1.81. The van der Waals surface area contributed by atoms with Gasteiger partial charge in [-0.05, 0) is 27.6 Å². The zero-order valence-electron chi connectivity index (χ0n) is 7.72. The summed E-state index contributed by atoms with van der Waals surface area (Å²) in [5.41, 5.74) is 0.853. The predicted molar refractivity (Wildman–Crippen MR) is 54.5 cm³/mol. The summed E-state index contributed by atoms with van der Waals surface area (Å²) in [6.45, 7) is 0.369. The van der Waals surface area contributed by atoms with Gasteiger partial charge in [-0.3, -0.25) is 0 Å². The maximum Gasteiger partial charge on any atom is 0.141 e. The van der Waals surface area contributed by atoms with E-state index in [0.29, 0.717) is 23.2 Å². The second-order valence-electron chi connectivity index (χ2n) is 2.70. The second kappa shape index (κ2) is 5.29. The summed E-state index contributed by atoms with van der Waals surface area (Å²) in [5, 5.41) is 0. The van der Waals surface area contributed by atoms with Crippen molar-refractivity contribution in [2.75, 3.05) is 13.7 Å².